The van der Waals surface area contributed by atoms with Gasteiger partial charge in [-0.25, -0.2) is 4.98 Å². The number of anilines is 2. The lowest BCUT2D eigenvalue weighted by Crippen LogP contribution is -2.22. The van der Waals surface area contributed by atoms with Gasteiger partial charge in [-0.15, -0.1) is 0 Å². The molecule has 0 saturated heterocycles. The zero-order valence-electron chi connectivity index (χ0n) is 10.9. The SMILES string of the molecule is CCCNc1nccc(NC(C)COCC)n1. The van der Waals surface area contributed by atoms with E-state index in [1.807, 2.05) is 13.0 Å². The van der Waals surface area contributed by atoms with E-state index in [1.54, 1.807) is 6.20 Å². The highest BCUT2D eigenvalue weighted by Gasteiger charge is 2.03. The van der Waals surface area contributed by atoms with Gasteiger partial charge in [0, 0.05) is 25.4 Å². The van der Waals surface area contributed by atoms with Gasteiger partial charge in [0.2, 0.25) is 5.95 Å². The standard InChI is InChI=1S/C12H22N4O/c1-4-7-13-12-14-8-6-11(16-12)15-10(3)9-17-5-2/h6,8,10H,4-5,7,9H2,1-3H3,(H2,13,14,15,16). The summed E-state index contributed by atoms with van der Waals surface area (Å²) in [6.45, 7) is 8.47. The molecule has 0 fully saturated rings. The monoisotopic (exact) mass is 238 g/mol. The molecule has 1 rings (SSSR count). The summed E-state index contributed by atoms with van der Waals surface area (Å²) in [7, 11) is 0. The van der Waals surface area contributed by atoms with Gasteiger partial charge in [-0.2, -0.15) is 4.98 Å². The number of ether oxygens (including phenoxy) is 1. The topological polar surface area (TPSA) is 59.1 Å². The second kappa shape index (κ2) is 7.84. The molecule has 0 amide bonds. The van der Waals surface area contributed by atoms with Crippen molar-refractivity contribution in [1.29, 1.82) is 0 Å². The number of aromatic nitrogens is 2. The predicted octanol–water partition coefficient (Wildman–Crippen LogP) is 2.14. The Kier molecular flexibility index (Phi) is 6.32. The zero-order chi connectivity index (χ0) is 12.5. The maximum Gasteiger partial charge on any atom is 0.224 e. The highest BCUT2D eigenvalue weighted by Crippen LogP contribution is 2.07. The fourth-order valence-corrected chi connectivity index (χ4v) is 1.35. The van der Waals surface area contributed by atoms with Gasteiger partial charge in [0.25, 0.3) is 0 Å². The van der Waals surface area contributed by atoms with E-state index in [1.165, 1.54) is 0 Å². The van der Waals surface area contributed by atoms with Gasteiger partial charge in [-0.05, 0) is 26.3 Å². The summed E-state index contributed by atoms with van der Waals surface area (Å²) in [5.74, 6) is 1.49. The van der Waals surface area contributed by atoms with Crippen LogP contribution >= 0.6 is 0 Å². The molecular weight excluding hydrogens is 216 g/mol. The number of hydrogen-bond acceptors (Lipinski definition) is 5. The molecule has 5 heteroatoms. The smallest absolute Gasteiger partial charge is 0.224 e. The van der Waals surface area contributed by atoms with Crippen LogP contribution in [0.5, 0.6) is 0 Å². The van der Waals surface area contributed by atoms with Crippen molar-refractivity contribution in [3.63, 3.8) is 0 Å². The summed E-state index contributed by atoms with van der Waals surface area (Å²) < 4.78 is 5.34. The molecule has 0 aliphatic heterocycles. The molecule has 96 valence electrons. The van der Waals surface area contributed by atoms with Crippen molar-refractivity contribution >= 4 is 11.8 Å². The van der Waals surface area contributed by atoms with Crippen LogP contribution in [0, 0.1) is 0 Å². The lowest BCUT2D eigenvalue weighted by Gasteiger charge is -2.14. The van der Waals surface area contributed by atoms with E-state index >= 15 is 0 Å². The van der Waals surface area contributed by atoms with Gasteiger partial charge < -0.3 is 15.4 Å². The third kappa shape index (κ3) is 5.49. The van der Waals surface area contributed by atoms with Gasteiger partial charge in [-0.3, -0.25) is 0 Å². The van der Waals surface area contributed by atoms with E-state index in [2.05, 4.69) is 34.4 Å². The van der Waals surface area contributed by atoms with Crippen LogP contribution in [0.25, 0.3) is 0 Å². The molecule has 0 spiro atoms. The molecule has 1 unspecified atom stereocenters. The molecule has 0 aliphatic carbocycles. The molecule has 1 aromatic rings. The fourth-order valence-electron chi connectivity index (χ4n) is 1.35. The average molecular weight is 238 g/mol. The fraction of sp³-hybridized carbons (Fsp3) is 0.667. The molecule has 0 aromatic carbocycles. The molecule has 1 heterocycles. The van der Waals surface area contributed by atoms with Crippen molar-refractivity contribution in [2.45, 2.75) is 33.2 Å². The number of rotatable bonds is 8. The minimum atomic E-state index is 0.240. The van der Waals surface area contributed by atoms with Crippen molar-refractivity contribution < 1.29 is 4.74 Å². The Morgan fingerprint density at radius 2 is 2.24 bits per heavy atom. The van der Waals surface area contributed by atoms with Crippen LogP contribution in [-0.2, 0) is 4.74 Å². The van der Waals surface area contributed by atoms with Crippen LogP contribution in [0.15, 0.2) is 12.3 Å². The third-order valence-corrected chi connectivity index (χ3v) is 2.15. The minimum absolute atomic E-state index is 0.240. The quantitative estimate of drug-likeness (QED) is 0.726. The van der Waals surface area contributed by atoms with E-state index in [9.17, 15) is 0 Å². The van der Waals surface area contributed by atoms with Gasteiger partial charge in [0.15, 0.2) is 0 Å². The Balaban J connectivity index is 2.47. The number of nitrogens with zero attached hydrogens (tertiary/aromatic N) is 2. The predicted molar refractivity (Wildman–Crippen MR) is 70.4 cm³/mol. The minimum Gasteiger partial charge on any atom is -0.380 e. The Labute approximate surface area is 103 Å². The largest absolute Gasteiger partial charge is 0.380 e. The lowest BCUT2D eigenvalue weighted by molar-refractivity contribution is 0.141. The van der Waals surface area contributed by atoms with Gasteiger partial charge in [-0.1, -0.05) is 6.92 Å². The van der Waals surface area contributed by atoms with Crippen molar-refractivity contribution in [3.05, 3.63) is 12.3 Å². The maximum atomic E-state index is 5.34. The highest BCUT2D eigenvalue weighted by molar-refractivity contribution is 5.40. The van der Waals surface area contributed by atoms with Gasteiger partial charge in [0.1, 0.15) is 5.82 Å². The van der Waals surface area contributed by atoms with Crippen LogP contribution in [0.2, 0.25) is 0 Å². The van der Waals surface area contributed by atoms with Crippen LogP contribution in [0.3, 0.4) is 0 Å². The van der Waals surface area contributed by atoms with Crippen LogP contribution in [-0.4, -0.2) is 35.8 Å². The molecule has 1 atom stereocenters. The number of hydrogen-bond donors (Lipinski definition) is 2. The maximum absolute atomic E-state index is 5.34. The van der Waals surface area contributed by atoms with E-state index < -0.39 is 0 Å². The molecular formula is C12H22N4O. The first-order valence-electron chi connectivity index (χ1n) is 6.17. The second-order valence-corrected chi connectivity index (χ2v) is 3.90. The normalized spacial score (nSPS) is 12.2. The molecule has 2 N–H and O–H groups in total. The third-order valence-electron chi connectivity index (χ3n) is 2.15. The Bertz CT molecular complexity index is 319. The van der Waals surface area contributed by atoms with Crippen molar-refractivity contribution in [2.75, 3.05) is 30.4 Å². The summed E-state index contributed by atoms with van der Waals surface area (Å²) in [4.78, 5) is 8.52. The molecule has 0 radical (unpaired) electrons. The molecule has 0 aliphatic rings. The van der Waals surface area contributed by atoms with Crippen LogP contribution < -0.4 is 10.6 Å². The van der Waals surface area contributed by atoms with E-state index in [4.69, 9.17) is 4.74 Å². The first kappa shape index (κ1) is 13.7. The van der Waals surface area contributed by atoms with E-state index in [0.717, 1.165) is 25.4 Å². The zero-order valence-corrected chi connectivity index (χ0v) is 10.9. The molecule has 0 saturated carbocycles. The van der Waals surface area contributed by atoms with E-state index in [0.29, 0.717) is 12.6 Å². The molecule has 17 heavy (non-hydrogen) atoms. The Morgan fingerprint density at radius 3 is 2.94 bits per heavy atom. The van der Waals surface area contributed by atoms with Crippen molar-refractivity contribution in [3.8, 4) is 0 Å². The van der Waals surface area contributed by atoms with Gasteiger partial charge in [0.05, 0.1) is 6.61 Å². The Morgan fingerprint density at radius 1 is 1.41 bits per heavy atom. The average Bonchev–Trinajstić information content (AvgIpc) is 2.34. The summed E-state index contributed by atoms with van der Waals surface area (Å²) in [5.41, 5.74) is 0. The summed E-state index contributed by atoms with van der Waals surface area (Å²) in [6, 6.07) is 2.10. The first-order valence-corrected chi connectivity index (χ1v) is 6.17. The lowest BCUT2D eigenvalue weighted by atomic mass is 10.3. The van der Waals surface area contributed by atoms with Gasteiger partial charge >= 0.3 is 0 Å². The van der Waals surface area contributed by atoms with Crippen molar-refractivity contribution in [2.24, 2.45) is 0 Å². The molecule has 1 aromatic heterocycles. The van der Waals surface area contributed by atoms with Crippen molar-refractivity contribution in [1.82, 2.24) is 9.97 Å². The second-order valence-electron chi connectivity index (χ2n) is 3.90. The summed E-state index contributed by atoms with van der Waals surface area (Å²) >= 11 is 0. The van der Waals surface area contributed by atoms with Crippen LogP contribution in [0.1, 0.15) is 27.2 Å². The van der Waals surface area contributed by atoms with Crippen LogP contribution in [0.4, 0.5) is 11.8 Å². The molecule has 0 bridgehead atoms. The number of nitrogens with one attached hydrogen (secondary N) is 2. The summed E-state index contributed by atoms with van der Waals surface area (Å²) in [6.07, 6.45) is 2.81. The first-order chi connectivity index (χ1) is 8.26. The molecule has 5 nitrogen and oxygen atoms in total. The highest BCUT2D eigenvalue weighted by atomic mass is 16.5. The summed E-state index contributed by atoms with van der Waals surface area (Å²) in [5, 5.41) is 6.44. The Hall–Kier alpha value is -1.36. The van der Waals surface area contributed by atoms with E-state index in [-0.39, 0.29) is 6.04 Å².